The van der Waals surface area contributed by atoms with E-state index in [1.165, 1.54) is 16.7 Å². The molecule has 17 heavy (non-hydrogen) atoms. The van der Waals surface area contributed by atoms with Crippen LogP contribution in [0.2, 0.25) is 0 Å². The normalized spacial score (nSPS) is 11.5. The van der Waals surface area contributed by atoms with Crippen LogP contribution in [0, 0.1) is 11.5 Å². The van der Waals surface area contributed by atoms with Crippen LogP contribution in [0.4, 0.5) is 0 Å². The molecule has 0 bridgehead atoms. The molecule has 87 valence electrons. The van der Waals surface area contributed by atoms with Gasteiger partial charge >= 0.3 is 0 Å². The third-order valence-corrected chi connectivity index (χ3v) is 2.73. The summed E-state index contributed by atoms with van der Waals surface area (Å²) in [6, 6.07) is 20.2. The van der Waals surface area contributed by atoms with E-state index in [1.807, 2.05) is 6.07 Å². The van der Waals surface area contributed by atoms with E-state index in [9.17, 15) is 0 Å². The van der Waals surface area contributed by atoms with Crippen LogP contribution in [0.5, 0.6) is 0 Å². The summed E-state index contributed by atoms with van der Waals surface area (Å²) in [5, 5.41) is 0. The Morgan fingerprint density at radius 2 is 1.65 bits per heavy atom. The molecule has 0 nitrogen and oxygen atoms in total. The lowest BCUT2D eigenvalue weighted by molar-refractivity contribution is 0.411. The number of benzene rings is 2. The molecule has 0 spiro atoms. The Hall–Kier alpha value is -1.56. The number of rotatable bonds is 2. The van der Waals surface area contributed by atoms with Crippen molar-refractivity contribution in [3.8, 4) is 11.1 Å². The van der Waals surface area contributed by atoms with E-state index in [2.05, 4.69) is 69.3 Å². The summed E-state index contributed by atoms with van der Waals surface area (Å²) in [6.07, 6.45) is 1.05. The van der Waals surface area contributed by atoms with Gasteiger partial charge < -0.3 is 0 Å². The average molecular weight is 223 g/mol. The molecule has 0 atom stereocenters. The predicted octanol–water partition coefficient (Wildman–Crippen LogP) is 4.74. The maximum atomic E-state index is 3.39. The Morgan fingerprint density at radius 1 is 0.941 bits per heavy atom. The van der Waals surface area contributed by atoms with Crippen LogP contribution in [-0.2, 0) is 6.42 Å². The minimum atomic E-state index is 0.293. The van der Waals surface area contributed by atoms with Gasteiger partial charge in [-0.1, -0.05) is 69.3 Å². The molecule has 0 N–H and O–H groups in total. The first-order chi connectivity index (χ1) is 8.06. The molecule has 0 heteroatoms. The van der Waals surface area contributed by atoms with Crippen LogP contribution in [0.3, 0.4) is 0 Å². The highest BCUT2D eigenvalue weighted by Gasteiger charge is 2.14. The molecule has 2 aromatic carbocycles. The molecule has 0 heterocycles. The van der Waals surface area contributed by atoms with E-state index < -0.39 is 0 Å². The van der Waals surface area contributed by atoms with E-state index in [0.717, 1.165) is 6.42 Å². The fraction of sp³-hybridized carbons (Fsp3) is 0.294. The van der Waals surface area contributed by atoms with Crippen LogP contribution in [0.15, 0.2) is 48.5 Å². The Morgan fingerprint density at radius 3 is 2.29 bits per heavy atom. The summed E-state index contributed by atoms with van der Waals surface area (Å²) in [5.41, 5.74) is 4.19. The van der Waals surface area contributed by atoms with Gasteiger partial charge in [0.15, 0.2) is 0 Å². The molecule has 0 aliphatic rings. The second-order valence-corrected chi connectivity index (χ2v) is 5.67. The maximum absolute atomic E-state index is 3.39. The third-order valence-electron chi connectivity index (χ3n) is 2.73. The Bertz CT molecular complexity index is 475. The second kappa shape index (κ2) is 4.75. The highest BCUT2D eigenvalue weighted by Crippen LogP contribution is 2.28. The lowest BCUT2D eigenvalue weighted by Crippen LogP contribution is -2.10. The van der Waals surface area contributed by atoms with Crippen molar-refractivity contribution in [3.05, 3.63) is 60.2 Å². The summed E-state index contributed by atoms with van der Waals surface area (Å²) >= 11 is 0. The number of hydrogen-bond donors (Lipinski definition) is 0. The van der Waals surface area contributed by atoms with Crippen molar-refractivity contribution >= 4 is 0 Å². The minimum absolute atomic E-state index is 0.293. The van der Waals surface area contributed by atoms with Gasteiger partial charge in [-0.05, 0) is 34.6 Å². The van der Waals surface area contributed by atoms with Gasteiger partial charge in [0, 0.05) is 0 Å². The Labute approximate surface area is 104 Å². The van der Waals surface area contributed by atoms with Crippen LogP contribution < -0.4 is 0 Å². The molecule has 0 amide bonds. The van der Waals surface area contributed by atoms with Gasteiger partial charge in [0.25, 0.3) is 0 Å². The first-order valence-electron chi connectivity index (χ1n) is 6.11. The van der Waals surface area contributed by atoms with Gasteiger partial charge in [-0.25, -0.2) is 0 Å². The van der Waals surface area contributed by atoms with Crippen molar-refractivity contribution in [1.29, 1.82) is 0 Å². The van der Waals surface area contributed by atoms with Gasteiger partial charge in [-0.2, -0.15) is 0 Å². The molecular weight excluding hydrogens is 204 g/mol. The van der Waals surface area contributed by atoms with E-state index >= 15 is 0 Å². The summed E-state index contributed by atoms with van der Waals surface area (Å²) in [4.78, 5) is 0. The minimum Gasteiger partial charge on any atom is -0.0622 e. The van der Waals surface area contributed by atoms with Gasteiger partial charge in [-0.15, -0.1) is 0 Å². The first kappa shape index (κ1) is 11.9. The highest BCUT2D eigenvalue weighted by atomic mass is 14.2. The Balaban J connectivity index is 2.41. The summed E-state index contributed by atoms with van der Waals surface area (Å²) < 4.78 is 0. The zero-order valence-electron chi connectivity index (χ0n) is 10.8. The quantitative estimate of drug-likeness (QED) is 0.689. The van der Waals surface area contributed by atoms with E-state index in [0.29, 0.717) is 5.41 Å². The second-order valence-electron chi connectivity index (χ2n) is 5.67. The molecule has 0 aliphatic heterocycles. The molecule has 0 unspecified atom stereocenters. The number of hydrogen-bond acceptors (Lipinski definition) is 0. The fourth-order valence-corrected chi connectivity index (χ4v) is 2.04. The predicted molar refractivity (Wildman–Crippen MR) is 73.9 cm³/mol. The van der Waals surface area contributed by atoms with Gasteiger partial charge in [0.05, 0.1) is 0 Å². The van der Waals surface area contributed by atoms with E-state index in [4.69, 9.17) is 0 Å². The smallest absolute Gasteiger partial charge is 0.0143 e. The van der Waals surface area contributed by atoms with Crippen LogP contribution in [0.1, 0.15) is 26.3 Å². The van der Waals surface area contributed by atoms with Crippen molar-refractivity contribution in [2.75, 3.05) is 0 Å². The molecule has 0 aliphatic carbocycles. The SMILES string of the molecule is CC(C)(C)Cc1[c]cccc1-c1ccccc1. The average Bonchev–Trinajstić information content (AvgIpc) is 2.29. The lowest BCUT2D eigenvalue weighted by atomic mass is 9.85. The summed E-state index contributed by atoms with van der Waals surface area (Å²) in [7, 11) is 0. The molecule has 2 rings (SSSR count). The lowest BCUT2D eigenvalue weighted by Gasteiger charge is -2.20. The van der Waals surface area contributed by atoms with Gasteiger partial charge in [0.2, 0.25) is 0 Å². The zero-order valence-corrected chi connectivity index (χ0v) is 10.8. The van der Waals surface area contributed by atoms with E-state index in [-0.39, 0.29) is 0 Å². The highest BCUT2D eigenvalue weighted by molar-refractivity contribution is 5.67. The zero-order chi connectivity index (χ0) is 12.3. The van der Waals surface area contributed by atoms with Crippen LogP contribution in [-0.4, -0.2) is 0 Å². The molecule has 1 radical (unpaired) electrons. The van der Waals surface area contributed by atoms with Crippen LogP contribution in [0.25, 0.3) is 11.1 Å². The standard InChI is InChI=1S/C17H19/c1-17(2,3)13-15-11-7-8-12-16(15)14-9-5-4-6-10-14/h4-10,12H,13H2,1-3H3. The topological polar surface area (TPSA) is 0 Å². The van der Waals surface area contributed by atoms with Crippen molar-refractivity contribution < 1.29 is 0 Å². The van der Waals surface area contributed by atoms with Gasteiger partial charge in [-0.3, -0.25) is 0 Å². The fourth-order valence-electron chi connectivity index (χ4n) is 2.04. The first-order valence-corrected chi connectivity index (χ1v) is 6.11. The van der Waals surface area contributed by atoms with Crippen molar-refractivity contribution in [3.63, 3.8) is 0 Å². The van der Waals surface area contributed by atoms with Crippen molar-refractivity contribution in [2.24, 2.45) is 5.41 Å². The van der Waals surface area contributed by atoms with Crippen molar-refractivity contribution in [2.45, 2.75) is 27.2 Å². The summed E-state index contributed by atoms with van der Waals surface area (Å²) in [6.45, 7) is 6.80. The molecule has 0 saturated carbocycles. The summed E-state index contributed by atoms with van der Waals surface area (Å²) in [5.74, 6) is 0. The molecule has 0 saturated heterocycles. The third kappa shape index (κ3) is 3.20. The van der Waals surface area contributed by atoms with Gasteiger partial charge in [0.1, 0.15) is 0 Å². The molecule has 0 fully saturated rings. The maximum Gasteiger partial charge on any atom is -0.0143 e. The van der Waals surface area contributed by atoms with Crippen molar-refractivity contribution in [1.82, 2.24) is 0 Å². The van der Waals surface area contributed by atoms with Crippen LogP contribution >= 0.6 is 0 Å². The Kier molecular flexibility index (Phi) is 3.33. The molecule has 0 aromatic heterocycles. The molecular formula is C17H19. The monoisotopic (exact) mass is 223 g/mol. The van der Waals surface area contributed by atoms with E-state index in [1.54, 1.807) is 0 Å². The molecule has 2 aromatic rings. The largest absolute Gasteiger partial charge is 0.0622 e.